The fourth-order valence-electron chi connectivity index (χ4n) is 3.62. The van der Waals surface area contributed by atoms with Gasteiger partial charge in [0.2, 0.25) is 10.0 Å². The van der Waals surface area contributed by atoms with Crippen LogP contribution < -0.4 is 4.74 Å². The Morgan fingerprint density at radius 2 is 1.87 bits per heavy atom. The molecule has 0 amide bonds. The molecule has 0 spiro atoms. The molecule has 1 aromatic carbocycles. The van der Waals surface area contributed by atoms with E-state index in [2.05, 4.69) is 15.0 Å². The SMILES string of the molecule is COc1ccc(C)cc1S(=O)(=O)N1CCO[C@@H](c2cc(-c3cncnc3)cc(C)n2)C1. The number of methoxy groups -OCH3 is 1. The van der Waals surface area contributed by atoms with Gasteiger partial charge in [0.1, 0.15) is 23.1 Å². The monoisotopic (exact) mass is 440 g/mol. The standard InChI is InChI=1S/C22H24N4O4S/c1-15-4-5-20(29-3)22(8-15)31(27,28)26-6-7-30-21(13-26)19-10-17(9-16(2)25-19)18-11-23-14-24-12-18/h4-5,8-12,14,21H,6-7,13H2,1-3H3/t21-/m1/s1. The summed E-state index contributed by atoms with van der Waals surface area (Å²) in [7, 11) is -2.29. The Bertz CT molecular complexity index is 1190. The van der Waals surface area contributed by atoms with Crippen molar-refractivity contribution in [2.24, 2.45) is 0 Å². The van der Waals surface area contributed by atoms with Crippen molar-refractivity contribution in [2.45, 2.75) is 24.8 Å². The third-order valence-electron chi connectivity index (χ3n) is 5.16. The summed E-state index contributed by atoms with van der Waals surface area (Å²) in [5, 5.41) is 0. The highest BCUT2D eigenvalue weighted by molar-refractivity contribution is 7.89. The number of benzene rings is 1. The zero-order valence-corrected chi connectivity index (χ0v) is 18.5. The Morgan fingerprint density at radius 3 is 2.61 bits per heavy atom. The summed E-state index contributed by atoms with van der Waals surface area (Å²) in [6, 6.07) is 8.98. The van der Waals surface area contributed by atoms with Gasteiger partial charge in [-0.15, -0.1) is 0 Å². The molecular weight excluding hydrogens is 416 g/mol. The van der Waals surface area contributed by atoms with Crippen LogP contribution in [0.5, 0.6) is 5.75 Å². The van der Waals surface area contributed by atoms with Crippen LogP contribution in [0.15, 0.2) is 53.9 Å². The Labute approximate surface area is 182 Å². The molecule has 0 saturated carbocycles. The highest BCUT2D eigenvalue weighted by Crippen LogP contribution is 2.32. The fraction of sp³-hybridized carbons (Fsp3) is 0.318. The van der Waals surface area contributed by atoms with Crippen molar-refractivity contribution in [3.05, 3.63) is 66.0 Å². The highest BCUT2D eigenvalue weighted by Gasteiger charge is 2.34. The van der Waals surface area contributed by atoms with E-state index >= 15 is 0 Å². The molecule has 0 aliphatic carbocycles. The van der Waals surface area contributed by atoms with Crippen LogP contribution in [0.3, 0.4) is 0 Å². The summed E-state index contributed by atoms with van der Waals surface area (Å²) in [5.41, 5.74) is 4.10. The number of morpholine rings is 1. The van der Waals surface area contributed by atoms with Crippen LogP contribution in [0.1, 0.15) is 23.1 Å². The molecule has 2 aromatic heterocycles. The maximum Gasteiger partial charge on any atom is 0.246 e. The van der Waals surface area contributed by atoms with E-state index in [1.54, 1.807) is 24.5 Å². The number of pyridine rings is 1. The summed E-state index contributed by atoms with van der Waals surface area (Å²) in [4.78, 5) is 12.9. The van der Waals surface area contributed by atoms with Crippen molar-refractivity contribution in [3.8, 4) is 16.9 Å². The third-order valence-corrected chi connectivity index (χ3v) is 7.05. The van der Waals surface area contributed by atoms with Crippen LogP contribution in [0.2, 0.25) is 0 Å². The molecular formula is C22H24N4O4S. The van der Waals surface area contributed by atoms with Crippen molar-refractivity contribution in [2.75, 3.05) is 26.8 Å². The van der Waals surface area contributed by atoms with Gasteiger partial charge in [0.25, 0.3) is 0 Å². The second kappa shape index (κ2) is 8.70. The van der Waals surface area contributed by atoms with Crippen molar-refractivity contribution >= 4 is 10.0 Å². The summed E-state index contributed by atoms with van der Waals surface area (Å²) >= 11 is 0. The van der Waals surface area contributed by atoms with E-state index in [0.29, 0.717) is 11.4 Å². The molecule has 9 heteroatoms. The lowest BCUT2D eigenvalue weighted by molar-refractivity contribution is -0.00501. The van der Waals surface area contributed by atoms with Crippen molar-refractivity contribution in [3.63, 3.8) is 0 Å². The molecule has 3 aromatic rings. The van der Waals surface area contributed by atoms with Gasteiger partial charge in [-0.05, 0) is 49.2 Å². The van der Waals surface area contributed by atoms with E-state index in [-0.39, 0.29) is 24.6 Å². The lowest BCUT2D eigenvalue weighted by Gasteiger charge is -2.32. The second-order valence-corrected chi connectivity index (χ2v) is 9.33. The minimum Gasteiger partial charge on any atom is -0.495 e. The van der Waals surface area contributed by atoms with E-state index in [0.717, 1.165) is 22.4 Å². The lowest BCUT2D eigenvalue weighted by Crippen LogP contribution is -2.42. The maximum atomic E-state index is 13.4. The van der Waals surface area contributed by atoms with Gasteiger partial charge in [-0.2, -0.15) is 4.31 Å². The summed E-state index contributed by atoms with van der Waals surface area (Å²) < 4.78 is 39.5. The molecule has 1 saturated heterocycles. The second-order valence-electron chi connectivity index (χ2n) is 7.43. The predicted octanol–water partition coefficient (Wildman–Crippen LogP) is 2.93. The number of ether oxygens (including phenoxy) is 2. The van der Waals surface area contributed by atoms with Gasteiger partial charge in [-0.25, -0.2) is 18.4 Å². The number of hydrogen-bond donors (Lipinski definition) is 0. The third kappa shape index (κ3) is 4.43. The minimum atomic E-state index is -3.76. The first-order valence-electron chi connectivity index (χ1n) is 9.89. The van der Waals surface area contributed by atoms with Gasteiger partial charge in [-0.3, -0.25) is 4.98 Å². The largest absolute Gasteiger partial charge is 0.495 e. The smallest absolute Gasteiger partial charge is 0.246 e. The molecule has 0 radical (unpaired) electrons. The molecule has 3 heterocycles. The van der Waals surface area contributed by atoms with E-state index in [9.17, 15) is 8.42 Å². The van der Waals surface area contributed by atoms with Crippen molar-refractivity contribution < 1.29 is 17.9 Å². The number of aryl methyl sites for hydroxylation is 2. The molecule has 0 bridgehead atoms. The van der Waals surface area contributed by atoms with Gasteiger partial charge in [0.15, 0.2) is 0 Å². The molecule has 4 rings (SSSR count). The average molecular weight is 441 g/mol. The van der Waals surface area contributed by atoms with E-state index < -0.39 is 16.1 Å². The first kappa shape index (κ1) is 21.4. The van der Waals surface area contributed by atoms with Gasteiger partial charge in [0, 0.05) is 36.7 Å². The van der Waals surface area contributed by atoms with Crippen LogP contribution in [-0.2, 0) is 14.8 Å². The summed E-state index contributed by atoms with van der Waals surface area (Å²) in [6.07, 6.45) is 4.45. The van der Waals surface area contributed by atoms with Gasteiger partial charge in [-0.1, -0.05) is 6.07 Å². The van der Waals surface area contributed by atoms with E-state index in [1.165, 1.54) is 17.7 Å². The van der Waals surface area contributed by atoms with E-state index in [1.807, 2.05) is 32.0 Å². The maximum absolute atomic E-state index is 13.4. The van der Waals surface area contributed by atoms with Crippen LogP contribution in [-0.4, -0.2) is 54.5 Å². The van der Waals surface area contributed by atoms with Crippen LogP contribution in [0, 0.1) is 13.8 Å². The number of rotatable bonds is 5. The Morgan fingerprint density at radius 1 is 1.10 bits per heavy atom. The number of aromatic nitrogens is 3. The predicted molar refractivity (Wildman–Crippen MR) is 115 cm³/mol. The lowest BCUT2D eigenvalue weighted by atomic mass is 10.1. The Hall–Kier alpha value is -2.88. The molecule has 31 heavy (non-hydrogen) atoms. The molecule has 8 nitrogen and oxygen atoms in total. The molecule has 162 valence electrons. The topological polar surface area (TPSA) is 94.5 Å². The van der Waals surface area contributed by atoms with Gasteiger partial charge in [0.05, 0.1) is 19.4 Å². The number of nitrogens with zero attached hydrogens (tertiary/aromatic N) is 4. The molecule has 1 fully saturated rings. The quantitative estimate of drug-likeness (QED) is 0.602. The molecule has 0 unspecified atom stereocenters. The number of hydrogen-bond acceptors (Lipinski definition) is 7. The number of sulfonamides is 1. The molecule has 1 aliphatic rings. The summed E-state index contributed by atoms with van der Waals surface area (Å²) in [5.74, 6) is 0.327. The van der Waals surface area contributed by atoms with Crippen molar-refractivity contribution in [1.29, 1.82) is 0 Å². The van der Waals surface area contributed by atoms with Crippen LogP contribution >= 0.6 is 0 Å². The Balaban J connectivity index is 1.65. The fourth-order valence-corrected chi connectivity index (χ4v) is 5.29. The van der Waals surface area contributed by atoms with Crippen molar-refractivity contribution in [1.82, 2.24) is 19.3 Å². The zero-order valence-electron chi connectivity index (χ0n) is 17.6. The zero-order chi connectivity index (χ0) is 22.0. The van der Waals surface area contributed by atoms with Crippen LogP contribution in [0.25, 0.3) is 11.1 Å². The van der Waals surface area contributed by atoms with Crippen LogP contribution in [0.4, 0.5) is 0 Å². The van der Waals surface area contributed by atoms with E-state index in [4.69, 9.17) is 9.47 Å². The first-order valence-corrected chi connectivity index (χ1v) is 11.3. The molecule has 0 N–H and O–H groups in total. The first-order chi connectivity index (χ1) is 14.9. The molecule has 1 atom stereocenters. The minimum absolute atomic E-state index is 0.162. The summed E-state index contributed by atoms with van der Waals surface area (Å²) in [6.45, 7) is 4.46. The normalized spacial score (nSPS) is 17.5. The average Bonchev–Trinajstić information content (AvgIpc) is 2.79. The van der Waals surface area contributed by atoms with Gasteiger partial charge < -0.3 is 9.47 Å². The highest BCUT2D eigenvalue weighted by atomic mass is 32.2. The Kier molecular flexibility index (Phi) is 5.99. The van der Waals surface area contributed by atoms with Gasteiger partial charge >= 0.3 is 0 Å². The molecule has 1 aliphatic heterocycles.